The van der Waals surface area contributed by atoms with Crippen molar-refractivity contribution in [2.45, 2.75) is 13.8 Å². The third-order valence-corrected chi connectivity index (χ3v) is 7.59. The summed E-state index contributed by atoms with van der Waals surface area (Å²) in [6.07, 6.45) is 0. The maximum Gasteiger partial charge on any atom is 0.253 e. The number of aliphatic imine (C=N–C) groups is 1. The van der Waals surface area contributed by atoms with Crippen molar-refractivity contribution in [3.63, 3.8) is 0 Å². The van der Waals surface area contributed by atoms with E-state index < -0.39 is 0 Å². The minimum atomic E-state index is -0.0844. The molecule has 40 heavy (non-hydrogen) atoms. The van der Waals surface area contributed by atoms with E-state index in [0.717, 1.165) is 43.7 Å². The van der Waals surface area contributed by atoms with Crippen LogP contribution in [0.25, 0.3) is 10.9 Å². The monoisotopic (exact) mass is 537 g/mol. The third kappa shape index (κ3) is 5.49. The highest BCUT2D eigenvalue weighted by Crippen LogP contribution is 2.32. The van der Waals surface area contributed by atoms with Gasteiger partial charge in [-0.1, -0.05) is 43.3 Å². The maximum absolute atomic E-state index is 13.1. The van der Waals surface area contributed by atoms with Gasteiger partial charge >= 0.3 is 0 Å². The van der Waals surface area contributed by atoms with Gasteiger partial charge in [-0.2, -0.15) is 0 Å². The first kappa shape index (κ1) is 27.1. The highest BCUT2D eigenvalue weighted by molar-refractivity contribution is 6.22. The Labute approximate surface area is 234 Å². The highest BCUT2D eigenvalue weighted by Gasteiger charge is 2.22. The normalized spacial score (nSPS) is 14.5. The fraction of sp³-hybridized carbons (Fsp3) is 0.281. The fourth-order valence-corrected chi connectivity index (χ4v) is 5.04. The molecular formula is C32H35N5O3. The first-order chi connectivity index (χ1) is 19.4. The van der Waals surface area contributed by atoms with Crippen LogP contribution in [-0.2, 0) is 0 Å². The Morgan fingerprint density at radius 2 is 1.57 bits per heavy atom. The summed E-state index contributed by atoms with van der Waals surface area (Å²) in [4.78, 5) is 39.6. The molecule has 3 aromatic carbocycles. The van der Waals surface area contributed by atoms with Crippen LogP contribution in [0.4, 0.5) is 5.69 Å². The van der Waals surface area contributed by atoms with E-state index >= 15 is 0 Å². The number of hydrogen-bond acceptors (Lipinski definition) is 5. The predicted octanol–water partition coefficient (Wildman–Crippen LogP) is 4.91. The van der Waals surface area contributed by atoms with E-state index in [1.807, 2.05) is 72.5 Å². The number of nitrogens with one attached hydrogen (secondary N) is 1. The molecular weight excluding hydrogens is 502 g/mol. The first-order valence-corrected chi connectivity index (χ1v) is 13.8. The highest BCUT2D eigenvalue weighted by atomic mass is 16.3. The summed E-state index contributed by atoms with van der Waals surface area (Å²) in [5.41, 5.74) is 4.46. The number of rotatable bonds is 7. The van der Waals surface area contributed by atoms with Crippen molar-refractivity contribution < 1.29 is 14.7 Å². The van der Waals surface area contributed by atoms with Crippen LogP contribution in [0.3, 0.4) is 0 Å². The molecule has 0 radical (unpaired) electrons. The van der Waals surface area contributed by atoms with Crippen LogP contribution in [0.2, 0.25) is 0 Å². The van der Waals surface area contributed by atoms with Crippen LogP contribution >= 0.6 is 0 Å². The second-order valence-electron chi connectivity index (χ2n) is 10.0. The molecule has 1 fully saturated rings. The van der Waals surface area contributed by atoms with Crippen LogP contribution in [0.15, 0.2) is 77.8 Å². The lowest BCUT2D eigenvalue weighted by Gasteiger charge is -2.34. The number of aromatic nitrogens is 1. The fourth-order valence-electron chi connectivity index (χ4n) is 5.04. The number of aromatic amines is 1. The van der Waals surface area contributed by atoms with E-state index in [2.05, 4.69) is 16.8 Å². The number of H-pyrrole nitrogens is 1. The molecule has 8 heteroatoms. The second kappa shape index (κ2) is 11.8. The molecule has 2 amide bonds. The molecule has 8 nitrogen and oxygen atoms in total. The molecule has 1 aliphatic rings. The smallest absolute Gasteiger partial charge is 0.253 e. The van der Waals surface area contributed by atoms with Crippen LogP contribution < -0.4 is 0 Å². The zero-order chi connectivity index (χ0) is 28.2. The Hall–Kier alpha value is -4.43. The number of carbonyl (C=O) groups is 2. The van der Waals surface area contributed by atoms with Gasteiger partial charge in [0, 0.05) is 67.4 Å². The summed E-state index contributed by atoms with van der Waals surface area (Å²) in [5.74, 6) is -0.0779. The molecule has 0 saturated carbocycles. The molecule has 0 unspecified atom stereocenters. The van der Waals surface area contributed by atoms with Crippen LogP contribution in [0.1, 0.15) is 45.7 Å². The second-order valence-corrected chi connectivity index (χ2v) is 10.0. The van der Waals surface area contributed by atoms with E-state index in [-0.39, 0.29) is 17.7 Å². The van der Waals surface area contributed by atoms with Crippen LogP contribution in [-0.4, -0.2) is 88.6 Å². The Kier molecular flexibility index (Phi) is 7.98. The quantitative estimate of drug-likeness (QED) is 0.328. The SMILES string of the molecule is CCN1CCN(C(=O)c2ccc(N=C(c3ccccc3)c3c(O)[nH]c4cc(C(=O)N(C)CC)ccc34)cc2)CC1. The van der Waals surface area contributed by atoms with Gasteiger partial charge in [0.1, 0.15) is 0 Å². The number of amides is 2. The summed E-state index contributed by atoms with van der Waals surface area (Å²) in [6, 6.07) is 22.3. The van der Waals surface area contributed by atoms with Crippen molar-refractivity contribution >= 4 is 34.1 Å². The van der Waals surface area contributed by atoms with E-state index in [1.54, 1.807) is 24.1 Å². The van der Waals surface area contributed by atoms with Crippen molar-refractivity contribution in [3.8, 4) is 5.88 Å². The van der Waals surface area contributed by atoms with Gasteiger partial charge in [-0.3, -0.25) is 9.59 Å². The first-order valence-electron chi connectivity index (χ1n) is 13.8. The largest absolute Gasteiger partial charge is 0.494 e. The minimum Gasteiger partial charge on any atom is -0.494 e. The molecule has 1 aliphatic heterocycles. The summed E-state index contributed by atoms with van der Waals surface area (Å²) in [6.45, 7) is 8.91. The Morgan fingerprint density at radius 3 is 2.23 bits per heavy atom. The van der Waals surface area contributed by atoms with Gasteiger partial charge in [0.2, 0.25) is 0 Å². The lowest BCUT2D eigenvalue weighted by molar-refractivity contribution is 0.0643. The Balaban J connectivity index is 1.49. The summed E-state index contributed by atoms with van der Waals surface area (Å²) >= 11 is 0. The topological polar surface area (TPSA) is 92.2 Å². The van der Waals surface area contributed by atoms with Gasteiger partial charge in [0.25, 0.3) is 11.8 Å². The lowest BCUT2D eigenvalue weighted by Crippen LogP contribution is -2.48. The molecule has 2 N–H and O–H groups in total. The molecule has 4 aromatic rings. The predicted molar refractivity (Wildman–Crippen MR) is 159 cm³/mol. The molecule has 2 heterocycles. The lowest BCUT2D eigenvalue weighted by atomic mass is 10.00. The van der Waals surface area contributed by atoms with E-state index in [0.29, 0.717) is 40.2 Å². The minimum absolute atomic E-state index is 0.0240. The molecule has 1 saturated heterocycles. The zero-order valence-electron chi connectivity index (χ0n) is 23.2. The zero-order valence-corrected chi connectivity index (χ0v) is 23.2. The van der Waals surface area contributed by atoms with Crippen molar-refractivity contribution in [2.75, 3.05) is 46.3 Å². The van der Waals surface area contributed by atoms with Crippen LogP contribution in [0.5, 0.6) is 5.88 Å². The Bertz CT molecular complexity index is 1530. The van der Waals surface area contributed by atoms with Crippen molar-refractivity contribution in [1.29, 1.82) is 0 Å². The van der Waals surface area contributed by atoms with Gasteiger partial charge in [0.15, 0.2) is 5.88 Å². The third-order valence-electron chi connectivity index (χ3n) is 7.59. The number of carbonyl (C=O) groups excluding carboxylic acids is 2. The van der Waals surface area contributed by atoms with Crippen molar-refractivity contribution in [3.05, 3.63) is 95.1 Å². The summed E-state index contributed by atoms with van der Waals surface area (Å²) in [5, 5.41) is 11.8. The van der Waals surface area contributed by atoms with E-state index in [9.17, 15) is 14.7 Å². The van der Waals surface area contributed by atoms with Gasteiger partial charge < -0.3 is 24.8 Å². The maximum atomic E-state index is 13.1. The molecule has 5 rings (SSSR count). The van der Waals surface area contributed by atoms with Gasteiger partial charge in [0.05, 0.1) is 17.0 Å². The molecule has 0 atom stereocenters. The standard InChI is InChI=1S/C32H35N5O3/c1-4-35(3)31(39)24-13-16-26-27(21-24)34-30(38)28(26)29(22-9-7-6-8-10-22)33-25-14-11-23(12-15-25)32(40)37-19-17-36(5-2)18-20-37/h6-16,21,34,38H,4-5,17-20H2,1-3H3. The molecule has 206 valence electrons. The van der Waals surface area contributed by atoms with Gasteiger partial charge in [-0.05, 0) is 49.9 Å². The number of likely N-dealkylation sites (N-methyl/N-ethyl adjacent to an activating group) is 1. The van der Waals surface area contributed by atoms with E-state index in [4.69, 9.17) is 4.99 Å². The number of fused-ring (bicyclic) bond motifs is 1. The average Bonchev–Trinajstić information content (AvgIpc) is 3.34. The molecule has 1 aromatic heterocycles. The Morgan fingerprint density at radius 1 is 0.900 bits per heavy atom. The molecule has 0 aliphatic carbocycles. The average molecular weight is 538 g/mol. The number of benzene rings is 3. The molecule has 0 spiro atoms. The van der Waals surface area contributed by atoms with Crippen molar-refractivity contribution in [1.82, 2.24) is 19.7 Å². The number of hydrogen-bond donors (Lipinski definition) is 2. The van der Waals surface area contributed by atoms with Crippen LogP contribution in [0, 0.1) is 0 Å². The van der Waals surface area contributed by atoms with E-state index in [1.165, 1.54) is 0 Å². The number of nitrogens with zero attached hydrogens (tertiary/aromatic N) is 4. The van der Waals surface area contributed by atoms with Gasteiger partial charge in [-0.25, -0.2) is 4.99 Å². The molecule has 0 bridgehead atoms. The van der Waals surface area contributed by atoms with Gasteiger partial charge in [-0.15, -0.1) is 0 Å². The van der Waals surface area contributed by atoms with Crippen molar-refractivity contribution in [2.24, 2.45) is 4.99 Å². The summed E-state index contributed by atoms with van der Waals surface area (Å²) in [7, 11) is 1.76. The number of piperazine rings is 1. The number of aromatic hydroxyl groups is 1. The summed E-state index contributed by atoms with van der Waals surface area (Å²) < 4.78 is 0.